The van der Waals surface area contributed by atoms with Crippen LogP contribution in [0.2, 0.25) is 0 Å². The summed E-state index contributed by atoms with van der Waals surface area (Å²) in [6.07, 6.45) is 1.26. The zero-order valence-corrected chi connectivity index (χ0v) is 13.4. The van der Waals surface area contributed by atoms with Crippen LogP contribution in [0.1, 0.15) is 30.4 Å². The minimum atomic E-state index is -0.695. The molecule has 1 atom stereocenters. The maximum atomic E-state index is 11.9. The zero-order valence-electron chi connectivity index (χ0n) is 13.4. The van der Waals surface area contributed by atoms with Gasteiger partial charge >= 0.3 is 0 Å². The van der Waals surface area contributed by atoms with Gasteiger partial charge < -0.3 is 20.4 Å². The van der Waals surface area contributed by atoms with Crippen LogP contribution in [0, 0.1) is 0 Å². The van der Waals surface area contributed by atoms with E-state index in [-0.39, 0.29) is 35.9 Å². The number of hydrogen-bond acceptors (Lipinski definition) is 5. The van der Waals surface area contributed by atoms with Crippen LogP contribution in [0.4, 0.5) is 0 Å². The lowest BCUT2D eigenvalue weighted by atomic mass is 10.00. The Kier molecular flexibility index (Phi) is 6.21. The van der Waals surface area contributed by atoms with E-state index in [9.17, 15) is 25.2 Å². The van der Waals surface area contributed by atoms with E-state index in [1.54, 1.807) is 30.3 Å². The zero-order chi connectivity index (χ0) is 17.5. The lowest BCUT2D eigenvalue weighted by Gasteiger charge is -2.10. The minimum Gasteiger partial charge on any atom is -0.508 e. The number of Topliss-reactive ketones (excluding diaryl/α,β-unsaturated/α-hetero) is 1. The molecular weight excluding hydrogens is 308 g/mol. The van der Waals surface area contributed by atoms with Crippen LogP contribution < -0.4 is 0 Å². The summed E-state index contributed by atoms with van der Waals surface area (Å²) in [6.45, 7) is 0. The Morgan fingerprint density at radius 2 is 1.54 bits per heavy atom. The second-order valence-electron chi connectivity index (χ2n) is 5.92. The number of aliphatic hydroxyl groups excluding tert-OH is 1. The average molecular weight is 330 g/mol. The first kappa shape index (κ1) is 17.8. The number of aryl methyl sites for hydroxylation is 2. The number of carbonyl (C=O) groups is 1. The van der Waals surface area contributed by atoms with Gasteiger partial charge in [-0.2, -0.15) is 0 Å². The predicted molar refractivity (Wildman–Crippen MR) is 90.2 cm³/mol. The molecule has 5 heteroatoms. The van der Waals surface area contributed by atoms with Crippen LogP contribution in [-0.2, 0) is 17.6 Å². The van der Waals surface area contributed by atoms with Gasteiger partial charge in [0.05, 0.1) is 6.10 Å². The van der Waals surface area contributed by atoms with Crippen molar-refractivity contribution < 1.29 is 25.2 Å². The molecule has 0 saturated heterocycles. The lowest BCUT2D eigenvalue weighted by molar-refractivity contribution is -0.120. The van der Waals surface area contributed by atoms with Gasteiger partial charge in [-0.1, -0.05) is 18.2 Å². The van der Waals surface area contributed by atoms with Crippen LogP contribution in [-0.4, -0.2) is 32.3 Å². The molecule has 0 aliphatic rings. The molecule has 2 rings (SSSR count). The van der Waals surface area contributed by atoms with E-state index >= 15 is 0 Å². The van der Waals surface area contributed by atoms with Crippen LogP contribution in [0.5, 0.6) is 17.2 Å². The summed E-state index contributed by atoms with van der Waals surface area (Å²) in [6, 6.07) is 11.3. The number of phenolic OH excluding ortho intramolecular Hbond substituents is 3. The molecule has 0 aliphatic carbocycles. The summed E-state index contributed by atoms with van der Waals surface area (Å²) < 4.78 is 0. The van der Waals surface area contributed by atoms with Crippen molar-refractivity contribution in [2.75, 3.05) is 0 Å². The van der Waals surface area contributed by atoms with E-state index in [4.69, 9.17) is 0 Å². The highest BCUT2D eigenvalue weighted by Crippen LogP contribution is 2.25. The van der Waals surface area contributed by atoms with Crippen molar-refractivity contribution in [1.82, 2.24) is 0 Å². The molecule has 2 aromatic rings. The Labute approximate surface area is 140 Å². The van der Waals surface area contributed by atoms with E-state index in [1.165, 1.54) is 12.1 Å². The van der Waals surface area contributed by atoms with Gasteiger partial charge in [0, 0.05) is 12.8 Å². The Balaban J connectivity index is 1.72. The van der Waals surface area contributed by atoms with Crippen molar-refractivity contribution in [2.24, 2.45) is 0 Å². The van der Waals surface area contributed by atoms with Crippen LogP contribution in [0.15, 0.2) is 42.5 Å². The summed E-state index contributed by atoms with van der Waals surface area (Å²) in [5.41, 5.74) is 1.76. The quantitative estimate of drug-likeness (QED) is 0.558. The molecule has 0 radical (unpaired) electrons. The molecular formula is C19H22O5. The average Bonchev–Trinajstić information content (AvgIpc) is 2.55. The molecule has 0 unspecified atom stereocenters. The van der Waals surface area contributed by atoms with Crippen molar-refractivity contribution in [2.45, 2.75) is 38.2 Å². The van der Waals surface area contributed by atoms with Gasteiger partial charge in [0.1, 0.15) is 11.5 Å². The highest BCUT2D eigenvalue weighted by atomic mass is 16.3. The summed E-state index contributed by atoms with van der Waals surface area (Å²) in [5, 5.41) is 37.8. The Morgan fingerprint density at radius 1 is 0.875 bits per heavy atom. The summed E-state index contributed by atoms with van der Waals surface area (Å²) >= 11 is 0. The Morgan fingerprint density at radius 3 is 2.21 bits per heavy atom. The van der Waals surface area contributed by atoms with Crippen molar-refractivity contribution in [3.8, 4) is 17.2 Å². The van der Waals surface area contributed by atoms with E-state index < -0.39 is 6.10 Å². The van der Waals surface area contributed by atoms with Gasteiger partial charge in [0.15, 0.2) is 11.5 Å². The number of phenols is 3. The standard InChI is InChI=1S/C19H22O5/c20-15-6-1-13(2-7-15)3-8-16(21)12-17(22)9-4-14-5-10-18(23)19(24)11-14/h1-2,5-7,10-11,16,20-21,23-24H,3-4,8-9,12H2/t16-/m0/s1. The fourth-order valence-electron chi connectivity index (χ4n) is 2.47. The number of rotatable bonds is 8. The number of carbonyl (C=O) groups excluding carboxylic acids is 1. The van der Waals surface area contributed by atoms with Crippen molar-refractivity contribution in [3.63, 3.8) is 0 Å². The fourth-order valence-corrected chi connectivity index (χ4v) is 2.47. The molecule has 24 heavy (non-hydrogen) atoms. The maximum absolute atomic E-state index is 11.9. The van der Waals surface area contributed by atoms with Crippen molar-refractivity contribution in [3.05, 3.63) is 53.6 Å². The van der Waals surface area contributed by atoms with Gasteiger partial charge in [-0.05, 0) is 54.7 Å². The van der Waals surface area contributed by atoms with E-state index in [0.29, 0.717) is 19.3 Å². The molecule has 4 N–H and O–H groups in total. The molecule has 0 spiro atoms. The second-order valence-corrected chi connectivity index (χ2v) is 5.92. The number of aliphatic hydroxyl groups is 1. The monoisotopic (exact) mass is 330 g/mol. The number of ketones is 1. The first-order chi connectivity index (χ1) is 11.4. The van der Waals surface area contributed by atoms with Gasteiger partial charge in [-0.3, -0.25) is 4.79 Å². The maximum Gasteiger partial charge on any atom is 0.157 e. The van der Waals surface area contributed by atoms with Gasteiger partial charge in [-0.15, -0.1) is 0 Å². The number of benzene rings is 2. The fraction of sp³-hybridized carbons (Fsp3) is 0.316. The third-order valence-corrected chi connectivity index (χ3v) is 3.90. The second kappa shape index (κ2) is 8.36. The summed E-state index contributed by atoms with van der Waals surface area (Å²) in [7, 11) is 0. The Hall–Kier alpha value is -2.53. The topological polar surface area (TPSA) is 98.0 Å². The lowest BCUT2D eigenvalue weighted by Crippen LogP contribution is -2.14. The summed E-state index contributed by atoms with van der Waals surface area (Å²) in [4.78, 5) is 11.9. The molecule has 0 amide bonds. The van der Waals surface area contributed by atoms with Crippen molar-refractivity contribution >= 4 is 5.78 Å². The molecule has 0 saturated carbocycles. The highest BCUT2D eigenvalue weighted by Gasteiger charge is 2.12. The SMILES string of the molecule is O=C(CCc1ccc(O)c(O)c1)C[C@@H](O)CCc1ccc(O)cc1. The molecule has 128 valence electrons. The molecule has 0 aromatic heterocycles. The third-order valence-electron chi connectivity index (χ3n) is 3.90. The molecule has 0 heterocycles. The van der Waals surface area contributed by atoms with Gasteiger partial charge in [0.25, 0.3) is 0 Å². The van der Waals surface area contributed by atoms with E-state index in [2.05, 4.69) is 0 Å². The van der Waals surface area contributed by atoms with Crippen LogP contribution in [0.25, 0.3) is 0 Å². The van der Waals surface area contributed by atoms with E-state index in [1.807, 2.05) is 0 Å². The number of hydrogen-bond donors (Lipinski definition) is 4. The first-order valence-corrected chi connectivity index (χ1v) is 7.92. The largest absolute Gasteiger partial charge is 0.508 e. The molecule has 2 aromatic carbocycles. The van der Waals surface area contributed by atoms with Crippen molar-refractivity contribution in [1.29, 1.82) is 0 Å². The smallest absolute Gasteiger partial charge is 0.157 e. The molecule has 5 nitrogen and oxygen atoms in total. The number of aromatic hydroxyl groups is 3. The predicted octanol–water partition coefficient (Wildman–Crippen LogP) is 2.69. The van der Waals surface area contributed by atoms with Gasteiger partial charge in [-0.25, -0.2) is 0 Å². The normalized spacial score (nSPS) is 12.0. The molecule has 0 fully saturated rings. The van der Waals surface area contributed by atoms with E-state index in [0.717, 1.165) is 11.1 Å². The molecule has 0 bridgehead atoms. The first-order valence-electron chi connectivity index (χ1n) is 7.92. The molecule has 0 aliphatic heterocycles. The minimum absolute atomic E-state index is 0.0410. The third kappa shape index (κ3) is 5.59. The van der Waals surface area contributed by atoms with Crippen LogP contribution >= 0.6 is 0 Å². The van der Waals surface area contributed by atoms with Crippen LogP contribution in [0.3, 0.4) is 0 Å². The highest BCUT2D eigenvalue weighted by molar-refractivity contribution is 5.79. The Bertz CT molecular complexity index is 679. The van der Waals surface area contributed by atoms with Gasteiger partial charge in [0.2, 0.25) is 0 Å². The summed E-state index contributed by atoms with van der Waals surface area (Å²) in [5.74, 6) is -0.223.